The highest BCUT2D eigenvalue weighted by molar-refractivity contribution is 7.20. The normalized spacial score (nSPS) is 22.1. The van der Waals surface area contributed by atoms with E-state index >= 15 is 0 Å². The standard InChI is InChI=1S/C20H23NO2S/c1-13-7-8-17-18(12-13)24-19(21-17)23-16-6-5-10-20(4,11-9-16)14(2)15(3)22/h6-9,11-12,14H,5,10H2,1-4H3/t14?,20-/m0/s1. The number of nitrogens with zero attached hydrogens (tertiary/aromatic N) is 1. The highest BCUT2D eigenvalue weighted by Gasteiger charge is 2.32. The maximum absolute atomic E-state index is 11.8. The zero-order valence-electron chi connectivity index (χ0n) is 14.6. The molecule has 126 valence electrons. The van der Waals surface area contributed by atoms with Crippen LogP contribution in [0.1, 0.15) is 39.2 Å². The number of carbonyl (C=O) groups is 1. The number of ketones is 1. The lowest BCUT2D eigenvalue weighted by Crippen LogP contribution is -2.28. The highest BCUT2D eigenvalue weighted by atomic mass is 32.1. The third-order valence-electron chi connectivity index (χ3n) is 4.99. The van der Waals surface area contributed by atoms with Crippen LogP contribution < -0.4 is 4.74 Å². The predicted molar refractivity (Wildman–Crippen MR) is 99.4 cm³/mol. The van der Waals surface area contributed by atoms with Gasteiger partial charge in [-0.25, -0.2) is 4.98 Å². The molecule has 0 saturated heterocycles. The molecule has 2 aromatic rings. The van der Waals surface area contributed by atoms with Gasteiger partial charge in [0, 0.05) is 5.92 Å². The molecule has 24 heavy (non-hydrogen) atoms. The van der Waals surface area contributed by atoms with E-state index in [9.17, 15) is 4.79 Å². The van der Waals surface area contributed by atoms with E-state index in [4.69, 9.17) is 4.74 Å². The first-order valence-corrected chi connectivity index (χ1v) is 9.14. The summed E-state index contributed by atoms with van der Waals surface area (Å²) in [5, 5.41) is 0.662. The van der Waals surface area contributed by atoms with Crippen LogP contribution in [0.4, 0.5) is 0 Å². The number of carbonyl (C=O) groups excluding carboxylic acids is 1. The van der Waals surface area contributed by atoms with Gasteiger partial charge in [0.15, 0.2) is 0 Å². The Morgan fingerprint density at radius 3 is 2.96 bits per heavy atom. The molecular weight excluding hydrogens is 318 g/mol. The summed E-state index contributed by atoms with van der Waals surface area (Å²) in [4.78, 5) is 16.3. The second-order valence-electron chi connectivity index (χ2n) is 6.87. The summed E-state index contributed by atoms with van der Waals surface area (Å²) in [5.74, 6) is 1.05. The minimum Gasteiger partial charge on any atom is -0.431 e. The minimum atomic E-state index is -0.127. The molecule has 4 heteroatoms. The smallest absolute Gasteiger partial charge is 0.279 e. The van der Waals surface area contributed by atoms with E-state index in [0.717, 1.165) is 28.8 Å². The van der Waals surface area contributed by atoms with Crippen LogP contribution in [0, 0.1) is 18.3 Å². The van der Waals surface area contributed by atoms with Crippen LogP contribution in [0.5, 0.6) is 5.19 Å². The number of rotatable bonds is 4. The average Bonchev–Trinajstić information content (AvgIpc) is 2.82. The Labute approximate surface area is 147 Å². The second kappa shape index (κ2) is 6.52. The molecule has 1 unspecified atom stereocenters. The molecule has 0 fully saturated rings. The fourth-order valence-corrected chi connectivity index (χ4v) is 3.94. The Kier molecular flexibility index (Phi) is 4.59. The van der Waals surface area contributed by atoms with Crippen molar-refractivity contribution in [1.29, 1.82) is 0 Å². The summed E-state index contributed by atoms with van der Waals surface area (Å²) in [7, 11) is 0. The molecular formula is C20H23NO2S. The van der Waals surface area contributed by atoms with E-state index in [1.54, 1.807) is 18.3 Å². The van der Waals surface area contributed by atoms with E-state index in [1.165, 1.54) is 5.56 Å². The largest absolute Gasteiger partial charge is 0.431 e. The first-order chi connectivity index (χ1) is 11.4. The van der Waals surface area contributed by atoms with E-state index in [2.05, 4.69) is 43.1 Å². The van der Waals surface area contributed by atoms with Crippen molar-refractivity contribution in [3.05, 3.63) is 47.7 Å². The number of ether oxygens (including phenoxy) is 1. The SMILES string of the molecule is CC(=O)C(C)[C@]1(C)C=CC(Oc2nc3ccc(C)cc3s2)=CCC1. The van der Waals surface area contributed by atoms with Gasteiger partial charge in [0.2, 0.25) is 0 Å². The zero-order chi connectivity index (χ0) is 17.3. The van der Waals surface area contributed by atoms with Gasteiger partial charge >= 0.3 is 0 Å². The molecule has 1 aliphatic rings. The molecule has 1 heterocycles. The summed E-state index contributed by atoms with van der Waals surface area (Å²) >= 11 is 1.56. The number of Topliss-reactive ketones (excluding diaryl/α,β-unsaturated/α-hetero) is 1. The molecule has 0 aliphatic heterocycles. The molecule has 3 rings (SSSR count). The highest BCUT2D eigenvalue weighted by Crippen LogP contribution is 2.38. The summed E-state index contributed by atoms with van der Waals surface area (Å²) < 4.78 is 7.13. The average molecular weight is 341 g/mol. The molecule has 0 N–H and O–H groups in total. The lowest BCUT2D eigenvalue weighted by molar-refractivity contribution is -0.122. The number of aromatic nitrogens is 1. The number of fused-ring (bicyclic) bond motifs is 1. The van der Waals surface area contributed by atoms with Gasteiger partial charge in [0.1, 0.15) is 11.5 Å². The van der Waals surface area contributed by atoms with Gasteiger partial charge in [-0.3, -0.25) is 4.79 Å². The number of benzene rings is 1. The Hall–Kier alpha value is -1.94. The van der Waals surface area contributed by atoms with Gasteiger partial charge in [0.25, 0.3) is 5.19 Å². The molecule has 0 saturated carbocycles. The van der Waals surface area contributed by atoms with Crippen LogP contribution in [0.15, 0.2) is 42.2 Å². The fourth-order valence-electron chi connectivity index (χ4n) is 3.01. The summed E-state index contributed by atoms with van der Waals surface area (Å²) in [6, 6.07) is 6.21. The Bertz CT molecular complexity index is 833. The van der Waals surface area contributed by atoms with Crippen LogP contribution in [0.2, 0.25) is 0 Å². The molecule has 3 nitrogen and oxygen atoms in total. The van der Waals surface area contributed by atoms with Gasteiger partial charge in [-0.2, -0.15) is 0 Å². The monoisotopic (exact) mass is 341 g/mol. The number of aryl methyl sites for hydroxylation is 1. The molecule has 0 spiro atoms. The van der Waals surface area contributed by atoms with Crippen LogP contribution >= 0.6 is 11.3 Å². The lowest BCUT2D eigenvalue weighted by atomic mass is 9.73. The molecule has 1 aliphatic carbocycles. The minimum absolute atomic E-state index is 0.00641. The van der Waals surface area contributed by atoms with Crippen molar-refractivity contribution in [2.45, 2.75) is 40.5 Å². The second-order valence-corrected chi connectivity index (χ2v) is 7.86. The maximum atomic E-state index is 11.8. The van der Waals surface area contributed by atoms with Crippen molar-refractivity contribution in [3.63, 3.8) is 0 Å². The molecule has 0 radical (unpaired) electrons. The summed E-state index contributed by atoms with van der Waals surface area (Å²) in [6.07, 6.45) is 8.03. The van der Waals surface area contributed by atoms with Crippen molar-refractivity contribution in [3.8, 4) is 5.19 Å². The van der Waals surface area contributed by atoms with Crippen molar-refractivity contribution in [2.24, 2.45) is 11.3 Å². The van der Waals surface area contributed by atoms with Crippen LogP contribution in [-0.4, -0.2) is 10.8 Å². The lowest BCUT2D eigenvalue weighted by Gasteiger charge is -2.30. The summed E-state index contributed by atoms with van der Waals surface area (Å²) in [6.45, 7) is 7.90. The van der Waals surface area contributed by atoms with E-state index in [0.29, 0.717) is 5.19 Å². The number of hydrogen-bond acceptors (Lipinski definition) is 4. The third kappa shape index (κ3) is 3.44. The number of hydrogen-bond donors (Lipinski definition) is 0. The fraction of sp³-hybridized carbons (Fsp3) is 0.400. The first-order valence-electron chi connectivity index (χ1n) is 8.32. The van der Waals surface area contributed by atoms with Gasteiger partial charge in [-0.15, -0.1) is 0 Å². The van der Waals surface area contributed by atoms with Crippen molar-refractivity contribution in [2.75, 3.05) is 0 Å². The van der Waals surface area contributed by atoms with E-state index < -0.39 is 0 Å². The Balaban J connectivity index is 1.79. The van der Waals surface area contributed by atoms with Gasteiger partial charge in [-0.05, 0) is 62.0 Å². The zero-order valence-corrected chi connectivity index (χ0v) is 15.4. The van der Waals surface area contributed by atoms with Crippen LogP contribution in [0.25, 0.3) is 10.2 Å². The Morgan fingerprint density at radius 2 is 2.21 bits per heavy atom. The van der Waals surface area contributed by atoms with Gasteiger partial charge in [-0.1, -0.05) is 37.3 Å². The van der Waals surface area contributed by atoms with Gasteiger partial charge < -0.3 is 4.74 Å². The van der Waals surface area contributed by atoms with Crippen LogP contribution in [0.3, 0.4) is 0 Å². The predicted octanol–water partition coefficient (Wildman–Crippen LogP) is 5.45. The van der Waals surface area contributed by atoms with Gasteiger partial charge in [0.05, 0.1) is 10.2 Å². The maximum Gasteiger partial charge on any atom is 0.279 e. The van der Waals surface area contributed by atoms with Crippen molar-refractivity contribution >= 4 is 27.3 Å². The molecule has 1 aromatic heterocycles. The number of allylic oxidation sites excluding steroid dienone is 3. The summed E-state index contributed by atoms with van der Waals surface area (Å²) in [5.41, 5.74) is 2.06. The van der Waals surface area contributed by atoms with E-state index in [-0.39, 0.29) is 17.1 Å². The third-order valence-corrected chi connectivity index (χ3v) is 5.88. The first kappa shape index (κ1) is 16.9. The Morgan fingerprint density at radius 1 is 1.42 bits per heavy atom. The molecule has 2 atom stereocenters. The van der Waals surface area contributed by atoms with Crippen molar-refractivity contribution < 1.29 is 9.53 Å². The molecule has 0 amide bonds. The van der Waals surface area contributed by atoms with Crippen LogP contribution in [-0.2, 0) is 4.79 Å². The molecule has 1 aromatic carbocycles. The quantitative estimate of drug-likeness (QED) is 0.742. The van der Waals surface area contributed by atoms with Crippen molar-refractivity contribution in [1.82, 2.24) is 4.98 Å². The van der Waals surface area contributed by atoms with E-state index in [1.807, 2.05) is 19.1 Å². The molecule has 0 bridgehead atoms. The number of thiazole rings is 1. The topological polar surface area (TPSA) is 39.2 Å².